The predicted molar refractivity (Wildman–Crippen MR) is 101 cm³/mol. The first kappa shape index (κ1) is 19.3. The number of carbonyl (C=O) groups excluding carboxylic acids is 1. The van der Waals surface area contributed by atoms with Crippen molar-refractivity contribution in [3.05, 3.63) is 30.3 Å². The number of hydrogen-bond donors (Lipinski definition) is 0. The number of nitrogens with zero attached hydrogens (tertiary/aromatic N) is 2. The van der Waals surface area contributed by atoms with Crippen molar-refractivity contribution in [1.82, 2.24) is 4.90 Å². The van der Waals surface area contributed by atoms with E-state index in [9.17, 15) is 21.6 Å². The molecule has 26 heavy (non-hydrogen) atoms. The van der Waals surface area contributed by atoms with E-state index < -0.39 is 19.7 Å². The molecule has 1 aromatic carbocycles. The number of likely N-dealkylation sites (N-methyl/N-ethyl adjacent to an activating group) is 1. The number of benzene rings is 1. The Kier molecular flexibility index (Phi) is 5.41. The van der Waals surface area contributed by atoms with Crippen LogP contribution in [0.5, 0.6) is 0 Å². The van der Waals surface area contributed by atoms with Gasteiger partial charge in [-0.1, -0.05) is 18.2 Å². The van der Waals surface area contributed by atoms with Crippen molar-refractivity contribution in [2.45, 2.75) is 24.9 Å². The Morgan fingerprint density at radius 3 is 2.00 bits per heavy atom. The van der Waals surface area contributed by atoms with E-state index in [1.54, 1.807) is 29.0 Å². The van der Waals surface area contributed by atoms with E-state index in [4.69, 9.17) is 0 Å². The first-order valence-electron chi connectivity index (χ1n) is 8.65. The van der Waals surface area contributed by atoms with Gasteiger partial charge in [0.25, 0.3) is 0 Å². The number of sulfone groups is 2. The summed E-state index contributed by atoms with van der Waals surface area (Å²) in [5.41, 5.74) is 0.673. The largest absolute Gasteiger partial charge is 0.307 e. The molecule has 0 aromatic heterocycles. The van der Waals surface area contributed by atoms with Crippen LogP contribution >= 0.6 is 0 Å². The maximum Gasteiger partial charge on any atom is 0.241 e. The Labute approximate surface area is 154 Å². The third kappa shape index (κ3) is 4.44. The van der Waals surface area contributed by atoms with Crippen molar-refractivity contribution in [1.29, 1.82) is 0 Å². The van der Waals surface area contributed by atoms with Crippen LogP contribution in [0.25, 0.3) is 0 Å². The maximum atomic E-state index is 13.0. The molecule has 0 spiro atoms. The zero-order valence-electron chi connectivity index (χ0n) is 14.7. The second kappa shape index (κ2) is 7.28. The predicted octanol–water partition coefficient (Wildman–Crippen LogP) is 0.326. The van der Waals surface area contributed by atoms with E-state index >= 15 is 0 Å². The summed E-state index contributed by atoms with van der Waals surface area (Å²) in [6.45, 7) is 0.0611. The van der Waals surface area contributed by atoms with Gasteiger partial charge in [-0.05, 0) is 32.0 Å². The second-order valence-corrected chi connectivity index (χ2v) is 11.6. The first-order chi connectivity index (χ1) is 12.2. The molecule has 144 valence electrons. The van der Waals surface area contributed by atoms with Gasteiger partial charge in [0.1, 0.15) is 0 Å². The number of hydrogen-bond acceptors (Lipinski definition) is 6. The smallest absolute Gasteiger partial charge is 0.241 e. The quantitative estimate of drug-likeness (QED) is 0.707. The fourth-order valence-corrected chi connectivity index (χ4v) is 7.17. The summed E-state index contributed by atoms with van der Waals surface area (Å²) in [5.74, 6) is 0.0737. The van der Waals surface area contributed by atoms with Gasteiger partial charge < -0.3 is 4.90 Å². The minimum absolute atomic E-state index is 0.0326. The minimum atomic E-state index is -3.13. The zero-order valence-corrected chi connectivity index (χ0v) is 16.4. The minimum Gasteiger partial charge on any atom is -0.307 e. The molecule has 2 fully saturated rings. The first-order valence-corrected chi connectivity index (χ1v) is 12.3. The highest BCUT2D eigenvalue weighted by Crippen LogP contribution is 2.25. The third-order valence-electron chi connectivity index (χ3n) is 5.09. The van der Waals surface area contributed by atoms with Gasteiger partial charge in [-0.15, -0.1) is 0 Å². The SMILES string of the molecule is CN(CC(=O)N(c1ccccc1)C1CCS(=O)(=O)C1)C1CCS(=O)(=O)C1. The molecule has 2 heterocycles. The van der Waals surface area contributed by atoms with Crippen LogP contribution in [0.15, 0.2) is 30.3 Å². The molecule has 0 radical (unpaired) electrons. The molecule has 1 amide bonds. The average molecular weight is 401 g/mol. The molecule has 2 atom stereocenters. The van der Waals surface area contributed by atoms with Gasteiger partial charge in [0.05, 0.1) is 35.6 Å². The van der Waals surface area contributed by atoms with Crippen LogP contribution in [0.4, 0.5) is 5.69 Å². The fourth-order valence-electron chi connectivity index (χ4n) is 3.67. The van der Waals surface area contributed by atoms with Crippen LogP contribution in [0, 0.1) is 0 Å². The highest BCUT2D eigenvalue weighted by Gasteiger charge is 2.37. The Bertz CT molecular complexity index is 868. The molecule has 0 bridgehead atoms. The van der Waals surface area contributed by atoms with E-state index in [0.717, 1.165) is 0 Å². The number of rotatable bonds is 5. The summed E-state index contributed by atoms with van der Waals surface area (Å²) in [4.78, 5) is 16.4. The Morgan fingerprint density at radius 1 is 0.962 bits per heavy atom. The molecule has 0 N–H and O–H groups in total. The fraction of sp³-hybridized carbons (Fsp3) is 0.588. The molecule has 9 heteroatoms. The summed E-state index contributed by atoms with van der Waals surface area (Å²) in [6.07, 6.45) is 0.944. The van der Waals surface area contributed by atoms with Crippen LogP contribution < -0.4 is 4.90 Å². The topological polar surface area (TPSA) is 91.8 Å². The van der Waals surface area contributed by atoms with E-state index in [1.807, 2.05) is 18.2 Å². The molecule has 0 saturated carbocycles. The molecule has 2 aliphatic heterocycles. The Hall–Kier alpha value is -1.45. The monoisotopic (exact) mass is 400 g/mol. The van der Waals surface area contributed by atoms with Gasteiger partial charge in [-0.3, -0.25) is 9.69 Å². The van der Waals surface area contributed by atoms with Crippen molar-refractivity contribution < 1.29 is 21.6 Å². The van der Waals surface area contributed by atoms with Gasteiger partial charge >= 0.3 is 0 Å². The molecule has 0 aliphatic carbocycles. The van der Waals surface area contributed by atoms with Gasteiger partial charge in [0, 0.05) is 11.7 Å². The molecule has 2 aliphatic rings. The van der Waals surface area contributed by atoms with E-state index in [1.165, 1.54) is 0 Å². The normalized spacial score (nSPS) is 26.8. The lowest BCUT2D eigenvalue weighted by molar-refractivity contribution is -0.120. The number of para-hydroxylation sites is 1. The van der Waals surface area contributed by atoms with Gasteiger partial charge in [-0.2, -0.15) is 0 Å². The van der Waals surface area contributed by atoms with E-state index in [2.05, 4.69) is 0 Å². The highest BCUT2D eigenvalue weighted by atomic mass is 32.2. The summed E-state index contributed by atoms with van der Waals surface area (Å²) in [7, 11) is -4.41. The van der Waals surface area contributed by atoms with Crippen LogP contribution in [0.3, 0.4) is 0 Å². The molecular weight excluding hydrogens is 376 g/mol. The van der Waals surface area contributed by atoms with Crippen molar-refractivity contribution in [3.8, 4) is 0 Å². The second-order valence-electron chi connectivity index (χ2n) is 7.13. The van der Waals surface area contributed by atoms with Crippen LogP contribution in [0.1, 0.15) is 12.8 Å². The lowest BCUT2D eigenvalue weighted by Gasteiger charge is -2.31. The third-order valence-corrected chi connectivity index (χ3v) is 8.59. The molecule has 7 nitrogen and oxygen atoms in total. The number of carbonyl (C=O) groups is 1. The maximum absolute atomic E-state index is 13.0. The van der Waals surface area contributed by atoms with Gasteiger partial charge in [0.2, 0.25) is 5.91 Å². The van der Waals surface area contributed by atoms with Crippen LogP contribution in [0.2, 0.25) is 0 Å². The van der Waals surface area contributed by atoms with Crippen LogP contribution in [-0.2, 0) is 24.5 Å². The van der Waals surface area contributed by atoms with Crippen LogP contribution in [-0.4, -0.2) is 76.3 Å². The summed E-state index contributed by atoms with van der Waals surface area (Å²) >= 11 is 0. The molecule has 2 unspecified atom stereocenters. The summed E-state index contributed by atoms with van der Waals surface area (Å²) < 4.78 is 47.1. The highest BCUT2D eigenvalue weighted by molar-refractivity contribution is 7.91. The van der Waals surface area contributed by atoms with Gasteiger partial charge in [-0.25, -0.2) is 16.8 Å². The van der Waals surface area contributed by atoms with Crippen molar-refractivity contribution in [2.24, 2.45) is 0 Å². The standard InChI is InChI=1S/C17H24N2O5S2/c1-18(15-7-9-25(21,22)12-15)11-17(20)19(14-5-3-2-4-6-14)16-8-10-26(23,24)13-16/h2-6,15-16H,7-13H2,1H3. The zero-order chi connectivity index (χ0) is 18.9. The van der Waals surface area contributed by atoms with Crippen molar-refractivity contribution in [2.75, 3.05) is 41.5 Å². The number of amides is 1. The molecule has 1 aromatic rings. The Morgan fingerprint density at radius 2 is 1.50 bits per heavy atom. The van der Waals surface area contributed by atoms with Gasteiger partial charge in [0.15, 0.2) is 19.7 Å². The van der Waals surface area contributed by atoms with E-state index in [0.29, 0.717) is 18.5 Å². The van der Waals surface area contributed by atoms with Crippen molar-refractivity contribution >= 4 is 31.3 Å². The lowest BCUT2D eigenvalue weighted by atomic mass is 10.1. The number of anilines is 1. The molecular formula is C17H24N2O5S2. The van der Waals surface area contributed by atoms with Crippen molar-refractivity contribution in [3.63, 3.8) is 0 Å². The molecule has 3 rings (SSSR count). The molecule has 2 saturated heterocycles. The lowest BCUT2D eigenvalue weighted by Crippen LogP contribution is -2.48. The summed E-state index contributed by atoms with van der Waals surface area (Å²) in [6, 6.07) is 8.50. The van der Waals surface area contributed by atoms with E-state index in [-0.39, 0.29) is 47.5 Å². The Balaban J connectivity index is 1.77. The summed E-state index contributed by atoms with van der Waals surface area (Å²) in [5, 5.41) is 0. The average Bonchev–Trinajstić information content (AvgIpc) is 3.10.